The van der Waals surface area contributed by atoms with Crippen LogP contribution in [0.3, 0.4) is 0 Å². The second-order valence-electron chi connectivity index (χ2n) is 4.18. The van der Waals surface area contributed by atoms with Crippen molar-refractivity contribution in [3.63, 3.8) is 0 Å². The standard InChI is InChI=1S/C6H3BrN2O4.C6H5BrN2O2.CH4O/c7-4-1-5(8(10)11)3-6(2-4)9(12)13;7-4-1-5(8)3-6(2-4)9(10)11;1-2/h1-3H;1-3H,8H2;2H,1H3. The lowest BCUT2D eigenvalue weighted by molar-refractivity contribution is -0.394. The van der Waals surface area contributed by atoms with Crippen LogP contribution < -0.4 is 5.73 Å². The molecule has 0 heterocycles. The van der Waals surface area contributed by atoms with Crippen LogP contribution in [0.15, 0.2) is 45.3 Å². The number of nitrogens with two attached hydrogens (primary N) is 1. The maximum absolute atomic E-state index is 10.3. The van der Waals surface area contributed by atoms with E-state index in [4.69, 9.17) is 10.8 Å². The summed E-state index contributed by atoms with van der Waals surface area (Å²) >= 11 is 6.04. The van der Waals surface area contributed by atoms with Crippen molar-refractivity contribution in [2.75, 3.05) is 12.8 Å². The summed E-state index contributed by atoms with van der Waals surface area (Å²) in [5.41, 5.74) is 5.13. The van der Waals surface area contributed by atoms with Gasteiger partial charge in [0.2, 0.25) is 0 Å². The van der Waals surface area contributed by atoms with E-state index in [2.05, 4.69) is 31.9 Å². The van der Waals surface area contributed by atoms with Crippen molar-refractivity contribution in [3.05, 3.63) is 75.7 Å². The summed E-state index contributed by atoms with van der Waals surface area (Å²) in [5, 5.41) is 37.8. The molecule has 26 heavy (non-hydrogen) atoms. The number of rotatable bonds is 3. The van der Waals surface area contributed by atoms with Gasteiger partial charge >= 0.3 is 0 Å². The lowest BCUT2D eigenvalue weighted by Gasteiger charge is -1.94. The summed E-state index contributed by atoms with van der Waals surface area (Å²) in [6.45, 7) is 0. The minimum Gasteiger partial charge on any atom is -0.400 e. The normalized spacial score (nSPS) is 9.08. The molecule has 0 aromatic heterocycles. The molecule has 0 amide bonds. The van der Waals surface area contributed by atoms with Gasteiger partial charge < -0.3 is 10.8 Å². The van der Waals surface area contributed by atoms with E-state index in [0.29, 0.717) is 14.6 Å². The Bertz CT molecular complexity index is 765. The van der Waals surface area contributed by atoms with Gasteiger partial charge in [-0.25, -0.2) is 0 Å². The number of non-ortho nitro benzene ring substituents is 3. The highest BCUT2D eigenvalue weighted by molar-refractivity contribution is 9.10. The minimum atomic E-state index is -0.683. The summed E-state index contributed by atoms with van der Waals surface area (Å²) in [6.07, 6.45) is 0. The summed E-state index contributed by atoms with van der Waals surface area (Å²) in [7, 11) is 1.00. The third-order valence-corrected chi connectivity index (χ3v) is 3.32. The molecule has 0 atom stereocenters. The molecule has 13 heteroatoms. The van der Waals surface area contributed by atoms with Gasteiger partial charge in [0, 0.05) is 46.0 Å². The third-order valence-electron chi connectivity index (χ3n) is 2.40. The first-order valence-electron chi connectivity index (χ1n) is 6.34. The molecule has 0 bridgehead atoms. The molecule has 0 saturated heterocycles. The van der Waals surface area contributed by atoms with E-state index in [1.54, 1.807) is 6.07 Å². The molecule has 0 aliphatic heterocycles. The van der Waals surface area contributed by atoms with Gasteiger partial charge in [-0.05, 0) is 6.07 Å². The van der Waals surface area contributed by atoms with E-state index in [9.17, 15) is 30.3 Å². The number of anilines is 1. The lowest BCUT2D eigenvalue weighted by atomic mass is 10.3. The summed E-state index contributed by atoms with van der Waals surface area (Å²) < 4.78 is 0.928. The first-order valence-corrected chi connectivity index (χ1v) is 7.93. The van der Waals surface area contributed by atoms with Crippen molar-refractivity contribution in [1.29, 1.82) is 0 Å². The van der Waals surface area contributed by atoms with Crippen LogP contribution in [-0.4, -0.2) is 27.0 Å². The number of nitro benzene ring substituents is 3. The maximum Gasteiger partial charge on any atom is 0.277 e. The molecular weight excluding hydrogens is 484 g/mol. The Labute approximate surface area is 163 Å². The van der Waals surface area contributed by atoms with Crippen molar-refractivity contribution in [3.8, 4) is 0 Å². The zero-order valence-corrected chi connectivity index (χ0v) is 16.2. The van der Waals surface area contributed by atoms with Gasteiger partial charge in [0.05, 0.1) is 20.8 Å². The Kier molecular flexibility index (Phi) is 9.94. The monoisotopic (exact) mass is 494 g/mol. The highest BCUT2D eigenvalue weighted by atomic mass is 79.9. The molecule has 0 aliphatic carbocycles. The van der Waals surface area contributed by atoms with E-state index in [1.165, 1.54) is 24.3 Å². The quantitative estimate of drug-likeness (QED) is 0.366. The molecule has 3 N–H and O–H groups in total. The Morgan fingerprint density at radius 3 is 1.35 bits per heavy atom. The first kappa shape index (κ1) is 23.4. The van der Waals surface area contributed by atoms with E-state index in [-0.39, 0.29) is 17.1 Å². The van der Waals surface area contributed by atoms with Crippen molar-refractivity contribution < 1.29 is 19.9 Å². The molecule has 0 fully saturated rings. The van der Waals surface area contributed by atoms with Crippen LogP contribution in [0, 0.1) is 30.3 Å². The highest BCUT2D eigenvalue weighted by Gasteiger charge is 2.14. The smallest absolute Gasteiger partial charge is 0.277 e. The predicted octanol–water partition coefficient (Wildman–Crippen LogP) is 3.81. The van der Waals surface area contributed by atoms with E-state index >= 15 is 0 Å². The van der Waals surface area contributed by atoms with E-state index < -0.39 is 14.8 Å². The average molecular weight is 496 g/mol. The van der Waals surface area contributed by atoms with Gasteiger partial charge in [-0.1, -0.05) is 31.9 Å². The van der Waals surface area contributed by atoms with Crippen molar-refractivity contribution in [1.82, 2.24) is 0 Å². The summed E-state index contributed by atoms with van der Waals surface area (Å²) in [5.74, 6) is 0. The van der Waals surface area contributed by atoms with Crippen molar-refractivity contribution in [2.45, 2.75) is 0 Å². The van der Waals surface area contributed by atoms with Crippen LogP contribution in [0.25, 0.3) is 0 Å². The second-order valence-corrected chi connectivity index (χ2v) is 6.01. The maximum atomic E-state index is 10.3. The number of nitrogens with zero attached hydrogens (tertiary/aromatic N) is 3. The van der Waals surface area contributed by atoms with Gasteiger partial charge in [-0.3, -0.25) is 30.3 Å². The Morgan fingerprint density at radius 1 is 0.731 bits per heavy atom. The Morgan fingerprint density at radius 2 is 1.04 bits per heavy atom. The van der Waals surface area contributed by atoms with Crippen molar-refractivity contribution in [2.24, 2.45) is 0 Å². The predicted molar refractivity (Wildman–Crippen MR) is 101 cm³/mol. The summed E-state index contributed by atoms with van der Waals surface area (Å²) in [6, 6.07) is 7.62. The molecule has 140 valence electrons. The molecule has 2 aromatic carbocycles. The minimum absolute atomic E-state index is 0.00289. The number of aliphatic hydroxyl groups is 1. The molecule has 0 spiro atoms. The fourth-order valence-corrected chi connectivity index (χ4v) is 2.44. The molecular formula is C13H12Br2N4O7. The van der Waals surface area contributed by atoms with Gasteiger partial charge in [0.1, 0.15) is 0 Å². The fraction of sp³-hybridized carbons (Fsp3) is 0.0769. The van der Waals surface area contributed by atoms with E-state index in [0.717, 1.165) is 13.2 Å². The average Bonchev–Trinajstić information content (AvgIpc) is 2.55. The molecule has 0 unspecified atom stereocenters. The van der Waals surface area contributed by atoms with Crippen molar-refractivity contribution >= 4 is 54.6 Å². The van der Waals surface area contributed by atoms with Crippen LogP contribution in [-0.2, 0) is 0 Å². The lowest BCUT2D eigenvalue weighted by Crippen LogP contribution is -1.92. The molecule has 0 saturated carbocycles. The number of nitro groups is 3. The highest BCUT2D eigenvalue weighted by Crippen LogP contribution is 2.25. The molecule has 0 radical (unpaired) electrons. The number of halogens is 2. The molecule has 0 aliphatic rings. The number of nitrogen functional groups attached to an aromatic ring is 1. The molecule has 2 rings (SSSR count). The van der Waals surface area contributed by atoms with Crippen LogP contribution in [0.1, 0.15) is 0 Å². The zero-order valence-electron chi connectivity index (χ0n) is 13.0. The number of aliphatic hydroxyl groups excluding tert-OH is 1. The van der Waals surface area contributed by atoms with E-state index in [1.807, 2.05) is 0 Å². The fourth-order valence-electron chi connectivity index (χ4n) is 1.47. The molecule has 2 aromatic rings. The van der Waals surface area contributed by atoms with Crippen LogP contribution in [0.4, 0.5) is 22.7 Å². The van der Waals surface area contributed by atoms with Gasteiger partial charge in [0.15, 0.2) is 0 Å². The largest absolute Gasteiger partial charge is 0.400 e. The Hall–Kier alpha value is -2.64. The van der Waals surface area contributed by atoms with Gasteiger partial charge in [-0.2, -0.15) is 0 Å². The Balaban J connectivity index is 0.000000444. The molecule has 11 nitrogen and oxygen atoms in total. The number of benzene rings is 2. The van der Waals surface area contributed by atoms with Gasteiger partial charge in [0.25, 0.3) is 17.1 Å². The number of hydrogen-bond acceptors (Lipinski definition) is 8. The van der Waals surface area contributed by atoms with Crippen LogP contribution >= 0.6 is 31.9 Å². The zero-order chi connectivity index (χ0) is 20.4. The first-order chi connectivity index (χ1) is 12.1. The third kappa shape index (κ3) is 7.96. The SMILES string of the molecule is CO.Nc1cc(Br)cc([N+](=O)[O-])c1.O=[N+]([O-])c1cc(Br)cc([N+](=O)[O-])c1. The second kappa shape index (κ2) is 11.1. The van der Waals surface area contributed by atoms with Gasteiger partial charge in [-0.15, -0.1) is 0 Å². The summed E-state index contributed by atoms with van der Waals surface area (Å²) in [4.78, 5) is 29.0. The number of hydrogen-bond donors (Lipinski definition) is 2. The van der Waals surface area contributed by atoms with Crippen LogP contribution in [0.2, 0.25) is 0 Å². The topological polar surface area (TPSA) is 176 Å². The van der Waals surface area contributed by atoms with Crippen LogP contribution in [0.5, 0.6) is 0 Å².